The molecule has 0 fully saturated rings. The van der Waals surface area contributed by atoms with Gasteiger partial charge in [0.1, 0.15) is 5.52 Å². The van der Waals surface area contributed by atoms with Crippen molar-refractivity contribution in [1.29, 1.82) is 0 Å². The molecule has 84 valence electrons. The third-order valence-corrected chi connectivity index (χ3v) is 2.59. The zero-order valence-corrected chi connectivity index (χ0v) is 8.67. The molecule has 5 nitrogen and oxygen atoms in total. The van der Waals surface area contributed by atoms with Crippen LogP contribution in [-0.4, -0.2) is 21.2 Å². The average molecular weight is 221 g/mol. The number of phenolic OH excluding ortho intramolecular Hbond substituents is 1. The summed E-state index contributed by atoms with van der Waals surface area (Å²) in [6.45, 7) is 1.75. The molecule has 0 radical (unpaired) electrons. The zero-order chi connectivity index (χ0) is 11.7. The number of carboxylic acid groups (broad SMARTS) is 1. The predicted molar refractivity (Wildman–Crippen MR) is 56.3 cm³/mol. The van der Waals surface area contributed by atoms with Crippen molar-refractivity contribution in [3.63, 3.8) is 0 Å². The molecular formula is C11H11NO4. The molecule has 16 heavy (non-hydrogen) atoms. The molecule has 0 spiro atoms. The van der Waals surface area contributed by atoms with Crippen LogP contribution in [-0.2, 0) is 4.79 Å². The van der Waals surface area contributed by atoms with E-state index in [1.807, 2.05) is 0 Å². The number of carbonyl (C=O) groups is 1. The molecule has 0 amide bonds. The number of hydrogen-bond acceptors (Lipinski definition) is 4. The zero-order valence-electron chi connectivity index (χ0n) is 8.67. The average Bonchev–Trinajstić information content (AvgIpc) is 2.70. The van der Waals surface area contributed by atoms with Gasteiger partial charge in [0, 0.05) is 5.56 Å². The number of aliphatic carboxylic acids is 1. The molecule has 1 heterocycles. The van der Waals surface area contributed by atoms with Crippen LogP contribution in [0.3, 0.4) is 0 Å². The van der Waals surface area contributed by atoms with Crippen molar-refractivity contribution >= 4 is 17.1 Å². The first-order valence-electron chi connectivity index (χ1n) is 4.93. The SMILES string of the molecule is CCC(C(=O)O)c1ccc2ncoc2c1O. The second-order valence-electron chi connectivity index (χ2n) is 3.50. The van der Waals surface area contributed by atoms with Gasteiger partial charge in [-0.15, -0.1) is 0 Å². The van der Waals surface area contributed by atoms with Crippen LogP contribution in [0.5, 0.6) is 5.75 Å². The van der Waals surface area contributed by atoms with E-state index < -0.39 is 11.9 Å². The van der Waals surface area contributed by atoms with Crippen LogP contribution in [0, 0.1) is 0 Å². The number of fused-ring (bicyclic) bond motifs is 1. The molecule has 1 atom stereocenters. The monoisotopic (exact) mass is 221 g/mol. The van der Waals surface area contributed by atoms with E-state index in [0.717, 1.165) is 0 Å². The van der Waals surface area contributed by atoms with Crippen LogP contribution in [0.1, 0.15) is 24.8 Å². The predicted octanol–water partition coefficient (Wildman–Crippen LogP) is 2.11. The van der Waals surface area contributed by atoms with Gasteiger partial charge in [0.25, 0.3) is 0 Å². The molecule has 1 aromatic carbocycles. The molecule has 0 saturated heterocycles. The van der Waals surface area contributed by atoms with Gasteiger partial charge in [-0.1, -0.05) is 13.0 Å². The molecule has 1 unspecified atom stereocenters. The first kappa shape index (κ1) is 10.5. The number of nitrogens with zero attached hydrogens (tertiary/aromatic N) is 1. The molecule has 0 bridgehead atoms. The van der Waals surface area contributed by atoms with Gasteiger partial charge in [-0.3, -0.25) is 4.79 Å². The number of oxazole rings is 1. The minimum absolute atomic E-state index is 0.135. The van der Waals surface area contributed by atoms with Crippen LogP contribution < -0.4 is 0 Å². The van der Waals surface area contributed by atoms with E-state index in [4.69, 9.17) is 9.52 Å². The lowest BCUT2D eigenvalue weighted by Crippen LogP contribution is -2.10. The van der Waals surface area contributed by atoms with Gasteiger partial charge in [-0.05, 0) is 12.5 Å². The third-order valence-electron chi connectivity index (χ3n) is 2.59. The number of rotatable bonds is 3. The largest absolute Gasteiger partial charge is 0.504 e. The summed E-state index contributed by atoms with van der Waals surface area (Å²) in [5.41, 5.74) is 1.11. The van der Waals surface area contributed by atoms with Crippen LogP contribution in [0.15, 0.2) is 22.9 Å². The first-order valence-corrected chi connectivity index (χ1v) is 4.93. The van der Waals surface area contributed by atoms with E-state index in [9.17, 15) is 9.90 Å². The van der Waals surface area contributed by atoms with E-state index in [1.165, 1.54) is 6.39 Å². The van der Waals surface area contributed by atoms with Crippen molar-refractivity contribution in [2.45, 2.75) is 19.3 Å². The molecule has 2 N–H and O–H groups in total. The minimum Gasteiger partial charge on any atom is -0.504 e. The highest BCUT2D eigenvalue weighted by Gasteiger charge is 2.23. The number of aromatic hydroxyl groups is 1. The Kier molecular flexibility index (Phi) is 2.52. The highest BCUT2D eigenvalue weighted by molar-refractivity contribution is 5.85. The Morgan fingerprint density at radius 3 is 2.94 bits per heavy atom. The van der Waals surface area contributed by atoms with Crippen molar-refractivity contribution < 1.29 is 19.4 Å². The number of hydrogen-bond donors (Lipinski definition) is 2. The molecule has 1 aromatic heterocycles. The van der Waals surface area contributed by atoms with Crippen molar-refractivity contribution in [2.24, 2.45) is 0 Å². The van der Waals surface area contributed by atoms with Gasteiger partial charge >= 0.3 is 5.97 Å². The van der Waals surface area contributed by atoms with Gasteiger partial charge in [0.15, 0.2) is 17.7 Å². The maximum absolute atomic E-state index is 11.0. The second-order valence-corrected chi connectivity index (χ2v) is 3.50. The van der Waals surface area contributed by atoms with Gasteiger partial charge in [0.2, 0.25) is 0 Å². The normalized spacial score (nSPS) is 12.8. The lowest BCUT2D eigenvalue weighted by atomic mass is 9.95. The number of carboxylic acids is 1. The quantitative estimate of drug-likeness (QED) is 0.829. The molecular weight excluding hydrogens is 210 g/mol. The number of benzene rings is 1. The van der Waals surface area contributed by atoms with Gasteiger partial charge in [-0.25, -0.2) is 4.98 Å². The summed E-state index contributed by atoms with van der Waals surface area (Å²) in [6, 6.07) is 3.21. The van der Waals surface area contributed by atoms with Crippen molar-refractivity contribution in [3.8, 4) is 5.75 Å². The van der Waals surface area contributed by atoms with Crippen molar-refractivity contribution in [3.05, 3.63) is 24.1 Å². The number of aromatic nitrogens is 1. The Balaban J connectivity index is 2.59. The summed E-state index contributed by atoms with van der Waals surface area (Å²) in [4.78, 5) is 14.9. The summed E-state index contributed by atoms with van der Waals surface area (Å²) in [5, 5.41) is 18.9. The van der Waals surface area contributed by atoms with E-state index in [2.05, 4.69) is 4.98 Å². The van der Waals surface area contributed by atoms with E-state index in [0.29, 0.717) is 17.5 Å². The summed E-state index contributed by atoms with van der Waals surface area (Å²) < 4.78 is 5.01. The molecule has 0 saturated carbocycles. The van der Waals surface area contributed by atoms with Crippen LogP contribution in [0.4, 0.5) is 0 Å². The topological polar surface area (TPSA) is 83.6 Å². The van der Waals surface area contributed by atoms with Crippen LogP contribution >= 0.6 is 0 Å². The lowest BCUT2D eigenvalue weighted by Gasteiger charge is -2.11. The van der Waals surface area contributed by atoms with E-state index in [1.54, 1.807) is 19.1 Å². The molecule has 2 rings (SSSR count). The second kappa shape index (κ2) is 3.84. The summed E-state index contributed by atoms with van der Waals surface area (Å²) in [5.74, 6) is -1.82. The maximum Gasteiger partial charge on any atom is 0.311 e. The number of phenols is 1. The fourth-order valence-electron chi connectivity index (χ4n) is 1.74. The lowest BCUT2D eigenvalue weighted by molar-refractivity contribution is -0.138. The molecule has 5 heteroatoms. The Hall–Kier alpha value is -2.04. The fourth-order valence-corrected chi connectivity index (χ4v) is 1.74. The Labute approximate surface area is 91.3 Å². The van der Waals surface area contributed by atoms with Crippen LogP contribution in [0.25, 0.3) is 11.1 Å². The van der Waals surface area contributed by atoms with Crippen molar-refractivity contribution in [2.75, 3.05) is 0 Å². The minimum atomic E-state index is -0.961. The highest BCUT2D eigenvalue weighted by atomic mass is 16.4. The highest BCUT2D eigenvalue weighted by Crippen LogP contribution is 2.34. The van der Waals surface area contributed by atoms with Gasteiger partial charge in [0.05, 0.1) is 5.92 Å². The molecule has 0 aliphatic heterocycles. The third kappa shape index (κ3) is 1.50. The Bertz CT molecular complexity index is 532. The van der Waals surface area contributed by atoms with Crippen LogP contribution in [0.2, 0.25) is 0 Å². The molecule has 0 aliphatic rings. The molecule has 0 aliphatic carbocycles. The molecule has 2 aromatic rings. The maximum atomic E-state index is 11.0. The smallest absolute Gasteiger partial charge is 0.311 e. The summed E-state index contributed by atoms with van der Waals surface area (Å²) in [6.07, 6.45) is 1.62. The fraction of sp³-hybridized carbons (Fsp3) is 0.273. The standard InChI is InChI=1S/C11H11NO4/c1-2-6(11(14)15)7-3-4-8-10(9(7)13)16-5-12-8/h3-6,13H,2H2,1H3,(H,14,15). The first-order chi connectivity index (χ1) is 7.65. The Morgan fingerprint density at radius 2 is 2.31 bits per heavy atom. The van der Waals surface area contributed by atoms with E-state index >= 15 is 0 Å². The summed E-state index contributed by atoms with van der Waals surface area (Å²) >= 11 is 0. The summed E-state index contributed by atoms with van der Waals surface area (Å²) in [7, 11) is 0. The Morgan fingerprint density at radius 1 is 1.56 bits per heavy atom. The van der Waals surface area contributed by atoms with E-state index in [-0.39, 0.29) is 11.3 Å². The van der Waals surface area contributed by atoms with Gasteiger partial charge in [-0.2, -0.15) is 0 Å². The van der Waals surface area contributed by atoms with Gasteiger partial charge < -0.3 is 14.6 Å². The van der Waals surface area contributed by atoms with Crippen molar-refractivity contribution in [1.82, 2.24) is 4.98 Å².